The van der Waals surface area contributed by atoms with Crippen LogP contribution in [0, 0.1) is 0 Å². The first kappa shape index (κ1) is 16.1. The van der Waals surface area contributed by atoms with Crippen LogP contribution in [0.4, 0.5) is 5.69 Å². The van der Waals surface area contributed by atoms with Gasteiger partial charge < -0.3 is 0 Å². The smallest absolute Gasteiger partial charge is 0.238 e. The summed E-state index contributed by atoms with van der Waals surface area (Å²) in [5.74, 6) is -0.532. The summed E-state index contributed by atoms with van der Waals surface area (Å²) in [6.07, 6.45) is 0. The lowest BCUT2D eigenvalue weighted by Gasteiger charge is -2.23. The minimum absolute atomic E-state index is 0.134. The van der Waals surface area contributed by atoms with Crippen molar-refractivity contribution in [3.05, 3.63) is 58.9 Å². The molecule has 0 fully saturated rings. The van der Waals surface area contributed by atoms with Crippen LogP contribution in [0.25, 0.3) is 0 Å². The molecule has 2 rings (SSSR count). The molecule has 0 unspecified atom stereocenters. The van der Waals surface area contributed by atoms with Crippen molar-refractivity contribution >= 4 is 29.0 Å². The van der Waals surface area contributed by atoms with Gasteiger partial charge in [-0.15, -0.1) is 0 Å². The van der Waals surface area contributed by atoms with Gasteiger partial charge in [0, 0.05) is 19.0 Å². The summed E-state index contributed by atoms with van der Waals surface area (Å²) < 4.78 is 0. The lowest BCUT2D eigenvalue weighted by molar-refractivity contribution is -0.117. The first-order chi connectivity index (χ1) is 10.5. The highest BCUT2D eigenvalue weighted by Gasteiger charge is 2.22. The Morgan fingerprint density at radius 3 is 2.45 bits per heavy atom. The van der Waals surface area contributed by atoms with Crippen LogP contribution >= 0.6 is 11.6 Å². The van der Waals surface area contributed by atoms with Gasteiger partial charge in [-0.05, 0) is 12.1 Å². The van der Waals surface area contributed by atoms with Crippen molar-refractivity contribution in [2.24, 2.45) is 0 Å². The summed E-state index contributed by atoms with van der Waals surface area (Å²) in [4.78, 5) is 28.6. The number of anilines is 1. The number of hydrogen-bond acceptors (Lipinski definition) is 4. The number of nitrogens with one attached hydrogen (secondary N) is 1. The van der Waals surface area contributed by atoms with Crippen molar-refractivity contribution in [2.45, 2.75) is 13.8 Å². The Bertz CT molecular complexity index is 689. The molecule has 5 nitrogen and oxygen atoms in total. The fraction of sp³-hybridized carbons (Fsp3) is 0.188. The summed E-state index contributed by atoms with van der Waals surface area (Å²) in [5.41, 5.74) is 3.91. The van der Waals surface area contributed by atoms with Gasteiger partial charge >= 0.3 is 0 Å². The van der Waals surface area contributed by atoms with Crippen molar-refractivity contribution < 1.29 is 9.59 Å². The molecule has 0 spiro atoms. The Kier molecular flexibility index (Phi) is 5.25. The lowest BCUT2D eigenvalue weighted by atomic mass is 10.1. The number of nitrogens with zero attached hydrogens (tertiary/aromatic N) is 2. The first-order valence-electron chi connectivity index (χ1n) is 6.85. The average Bonchev–Trinajstić information content (AvgIpc) is 2.53. The third-order valence-electron chi connectivity index (χ3n) is 2.96. The van der Waals surface area contributed by atoms with Crippen molar-refractivity contribution in [2.75, 3.05) is 11.6 Å². The van der Waals surface area contributed by atoms with E-state index in [1.54, 1.807) is 36.4 Å². The Hall–Kier alpha value is -2.24. The standard InChI is InChI=1S/C16H16ClN3O2/c1-3-18-20(11(2)21)13-9-10-14(17)19-15(13)16(22)12-7-5-4-6-8-12/h4-10,18H,3H2,1-2H3. The van der Waals surface area contributed by atoms with E-state index in [-0.39, 0.29) is 22.5 Å². The fourth-order valence-corrected chi connectivity index (χ4v) is 2.17. The Balaban J connectivity index is 2.52. The highest BCUT2D eigenvalue weighted by molar-refractivity contribution is 6.30. The SMILES string of the molecule is CCNN(C(C)=O)c1ccc(Cl)nc1C(=O)c1ccccc1. The molecule has 1 aromatic carbocycles. The number of rotatable bonds is 5. The number of carbonyl (C=O) groups excluding carboxylic acids is 2. The van der Waals surface area contributed by atoms with Crippen LogP contribution in [-0.4, -0.2) is 23.2 Å². The van der Waals surface area contributed by atoms with E-state index in [1.165, 1.54) is 11.9 Å². The van der Waals surface area contributed by atoms with E-state index in [1.807, 2.05) is 13.0 Å². The summed E-state index contributed by atoms with van der Waals surface area (Å²) in [6.45, 7) is 3.80. The number of hydrogen-bond donors (Lipinski definition) is 1. The zero-order valence-corrected chi connectivity index (χ0v) is 13.1. The highest BCUT2D eigenvalue weighted by Crippen LogP contribution is 2.23. The van der Waals surface area contributed by atoms with Crippen molar-refractivity contribution in [1.29, 1.82) is 0 Å². The molecule has 1 aromatic heterocycles. The van der Waals surface area contributed by atoms with E-state index in [0.717, 1.165) is 0 Å². The zero-order chi connectivity index (χ0) is 16.1. The van der Waals surface area contributed by atoms with Gasteiger partial charge in [-0.1, -0.05) is 48.9 Å². The molecule has 2 aromatic rings. The maximum Gasteiger partial charge on any atom is 0.238 e. The molecule has 0 radical (unpaired) electrons. The van der Waals surface area contributed by atoms with Crippen LogP contribution in [0.3, 0.4) is 0 Å². The van der Waals surface area contributed by atoms with Crippen LogP contribution in [0.5, 0.6) is 0 Å². The second kappa shape index (κ2) is 7.15. The number of ketones is 1. The van der Waals surface area contributed by atoms with E-state index >= 15 is 0 Å². The molecule has 22 heavy (non-hydrogen) atoms. The summed E-state index contributed by atoms with van der Waals surface area (Å²) in [7, 11) is 0. The molecule has 1 heterocycles. The van der Waals surface area contributed by atoms with Crippen LogP contribution in [0.15, 0.2) is 42.5 Å². The number of amides is 1. The second-order valence-electron chi connectivity index (χ2n) is 4.56. The molecule has 114 valence electrons. The van der Waals surface area contributed by atoms with E-state index < -0.39 is 0 Å². The topological polar surface area (TPSA) is 62.3 Å². The predicted molar refractivity (Wildman–Crippen MR) is 86.0 cm³/mol. The van der Waals surface area contributed by atoms with E-state index in [2.05, 4.69) is 10.4 Å². The Morgan fingerprint density at radius 2 is 1.86 bits per heavy atom. The van der Waals surface area contributed by atoms with Gasteiger partial charge in [0.2, 0.25) is 11.7 Å². The number of aromatic nitrogens is 1. The van der Waals surface area contributed by atoms with Crippen molar-refractivity contribution in [3.63, 3.8) is 0 Å². The molecule has 0 aliphatic carbocycles. The molecule has 0 aliphatic heterocycles. The molecule has 1 amide bonds. The molecule has 0 saturated heterocycles. The maximum atomic E-state index is 12.7. The average molecular weight is 318 g/mol. The minimum Gasteiger partial charge on any atom is -0.287 e. The first-order valence-corrected chi connectivity index (χ1v) is 7.23. The molecule has 6 heteroatoms. The number of pyridine rings is 1. The van der Waals surface area contributed by atoms with Crippen molar-refractivity contribution in [1.82, 2.24) is 10.4 Å². The monoisotopic (exact) mass is 317 g/mol. The van der Waals surface area contributed by atoms with Gasteiger partial charge in [0.25, 0.3) is 0 Å². The highest BCUT2D eigenvalue weighted by atomic mass is 35.5. The number of benzene rings is 1. The van der Waals surface area contributed by atoms with Gasteiger partial charge in [0.1, 0.15) is 10.8 Å². The van der Waals surface area contributed by atoms with Crippen LogP contribution in [-0.2, 0) is 4.79 Å². The summed E-state index contributed by atoms with van der Waals surface area (Å²) >= 11 is 5.92. The third kappa shape index (κ3) is 3.50. The largest absolute Gasteiger partial charge is 0.287 e. The summed E-state index contributed by atoms with van der Waals surface area (Å²) in [5, 5.41) is 1.50. The number of halogens is 1. The number of hydrazine groups is 1. The molecular weight excluding hydrogens is 302 g/mol. The molecular formula is C16H16ClN3O2. The maximum absolute atomic E-state index is 12.7. The summed E-state index contributed by atoms with van der Waals surface area (Å²) in [6, 6.07) is 11.9. The third-order valence-corrected chi connectivity index (χ3v) is 3.17. The van der Waals surface area contributed by atoms with Gasteiger partial charge in [0.15, 0.2) is 0 Å². The molecule has 0 saturated carbocycles. The van der Waals surface area contributed by atoms with Gasteiger partial charge in [-0.3, -0.25) is 9.59 Å². The second-order valence-corrected chi connectivity index (χ2v) is 4.95. The lowest BCUT2D eigenvalue weighted by Crippen LogP contribution is -2.42. The predicted octanol–water partition coefficient (Wildman–Crippen LogP) is 2.84. The zero-order valence-electron chi connectivity index (χ0n) is 12.3. The van der Waals surface area contributed by atoms with Crippen LogP contribution in [0.1, 0.15) is 29.9 Å². The normalized spacial score (nSPS) is 10.3. The molecule has 0 bridgehead atoms. The Labute approximate surface area is 133 Å². The van der Waals surface area contributed by atoms with E-state index in [4.69, 9.17) is 11.6 Å². The minimum atomic E-state index is -0.290. The quantitative estimate of drug-likeness (QED) is 0.523. The molecule has 0 atom stereocenters. The van der Waals surface area contributed by atoms with Gasteiger partial charge in [-0.2, -0.15) is 0 Å². The van der Waals surface area contributed by atoms with Crippen molar-refractivity contribution in [3.8, 4) is 0 Å². The van der Waals surface area contributed by atoms with Gasteiger partial charge in [-0.25, -0.2) is 15.4 Å². The van der Waals surface area contributed by atoms with Crippen LogP contribution in [0.2, 0.25) is 5.15 Å². The fourth-order valence-electron chi connectivity index (χ4n) is 2.03. The van der Waals surface area contributed by atoms with Crippen LogP contribution < -0.4 is 10.4 Å². The van der Waals surface area contributed by atoms with Gasteiger partial charge in [0.05, 0.1) is 5.69 Å². The van der Waals surface area contributed by atoms with E-state index in [9.17, 15) is 9.59 Å². The Morgan fingerprint density at radius 1 is 1.18 bits per heavy atom. The number of carbonyl (C=O) groups is 2. The molecule has 0 aliphatic rings. The molecule has 1 N–H and O–H groups in total. The van der Waals surface area contributed by atoms with E-state index in [0.29, 0.717) is 17.8 Å².